The van der Waals surface area contributed by atoms with Gasteiger partial charge in [0, 0.05) is 33.8 Å². The molecule has 1 aromatic carbocycles. The van der Waals surface area contributed by atoms with Crippen LogP contribution in [-0.2, 0) is 5.54 Å². The number of hydrogen-bond donors (Lipinski definition) is 1. The van der Waals surface area contributed by atoms with Crippen molar-refractivity contribution in [2.45, 2.75) is 68.1 Å². The van der Waals surface area contributed by atoms with Crippen LogP contribution in [-0.4, -0.2) is 36.6 Å². The molecule has 0 atom stereocenters. The number of anilines is 2. The number of hydrogen-bond acceptors (Lipinski definition) is 7. The number of benzene rings is 1. The van der Waals surface area contributed by atoms with Gasteiger partial charge in [0.15, 0.2) is 0 Å². The van der Waals surface area contributed by atoms with Crippen LogP contribution in [0.3, 0.4) is 0 Å². The van der Waals surface area contributed by atoms with Crippen LogP contribution in [0.15, 0.2) is 47.9 Å². The highest BCUT2D eigenvalue weighted by Gasteiger charge is 2.42. The minimum atomic E-state index is 0.156. The summed E-state index contributed by atoms with van der Waals surface area (Å²) in [7, 11) is 0. The van der Waals surface area contributed by atoms with Gasteiger partial charge in [0.05, 0.1) is 6.61 Å². The smallest absolute Gasteiger partial charge is 0.317 e. The minimum Gasteiger partial charge on any atom is -0.463 e. The molecule has 32 heavy (non-hydrogen) atoms. The van der Waals surface area contributed by atoms with Crippen LogP contribution < -0.4 is 10.1 Å². The van der Waals surface area contributed by atoms with Gasteiger partial charge in [-0.1, -0.05) is 18.9 Å². The van der Waals surface area contributed by atoms with Gasteiger partial charge in [-0.25, -0.2) is 9.97 Å². The molecule has 0 saturated heterocycles. The Morgan fingerprint density at radius 2 is 1.88 bits per heavy atom. The van der Waals surface area contributed by atoms with Crippen molar-refractivity contribution in [1.29, 1.82) is 0 Å². The van der Waals surface area contributed by atoms with Gasteiger partial charge in [-0.05, 0) is 74.3 Å². The second kappa shape index (κ2) is 8.73. The van der Waals surface area contributed by atoms with Gasteiger partial charge < -0.3 is 10.1 Å². The molecule has 0 unspecified atom stereocenters. The summed E-state index contributed by atoms with van der Waals surface area (Å²) in [5.74, 6) is 1.67. The zero-order valence-electron chi connectivity index (χ0n) is 18.9. The van der Waals surface area contributed by atoms with E-state index in [0.29, 0.717) is 35.7 Å². The average Bonchev–Trinajstić information content (AvgIpc) is 3.30. The quantitative estimate of drug-likeness (QED) is 0.438. The Hall–Kier alpha value is -2.61. The van der Waals surface area contributed by atoms with Crippen molar-refractivity contribution in [3.05, 3.63) is 48.5 Å². The standard InChI is InChI=1S/C24H30N6OS/c1-16(2)32-21-6-4-20(5-7-21)28-22-25-12-19(13-26-22)18-10-17(11-18)14-31-23-29-27-15-30(23)24(3)8-9-24/h4-7,12-13,15-18H,8-11,14H2,1-3H3,(H,25,26,28). The van der Waals surface area contributed by atoms with Crippen molar-refractivity contribution in [2.75, 3.05) is 11.9 Å². The van der Waals surface area contributed by atoms with E-state index in [0.717, 1.165) is 18.5 Å². The van der Waals surface area contributed by atoms with Crippen molar-refractivity contribution in [2.24, 2.45) is 5.92 Å². The van der Waals surface area contributed by atoms with Crippen molar-refractivity contribution in [3.8, 4) is 6.01 Å². The highest BCUT2D eigenvalue weighted by molar-refractivity contribution is 7.99. The van der Waals surface area contributed by atoms with Crippen LogP contribution in [0.25, 0.3) is 0 Å². The maximum Gasteiger partial charge on any atom is 0.317 e. The van der Waals surface area contributed by atoms with E-state index in [1.807, 2.05) is 24.2 Å². The number of rotatable bonds is 9. The van der Waals surface area contributed by atoms with Crippen LogP contribution in [0, 0.1) is 5.92 Å². The van der Waals surface area contributed by atoms with E-state index < -0.39 is 0 Å². The lowest BCUT2D eigenvalue weighted by Gasteiger charge is -2.35. The van der Waals surface area contributed by atoms with Crippen LogP contribution in [0.2, 0.25) is 0 Å². The summed E-state index contributed by atoms with van der Waals surface area (Å²) in [5.41, 5.74) is 2.35. The molecule has 8 heteroatoms. The first kappa shape index (κ1) is 21.2. The Balaban J connectivity index is 1.09. The molecule has 0 aliphatic heterocycles. The van der Waals surface area contributed by atoms with Gasteiger partial charge in [0.25, 0.3) is 0 Å². The van der Waals surface area contributed by atoms with E-state index in [1.54, 1.807) is 6.33 Å². The molecule has 2 heterocycles. The van der Waals surface area contributed by atoms with Crippen molar-refractivity contribution in [3.63, 3.8) is 0 Å². The Labute approximate surface area is 193 Å². The normalized spacial score (nSPS) is 21.2. The third-order valence-corrected chi connectivity index (χ3v) is 7.40. The van der Waals surface area contributed by atoms with Gasteiger partial charge in [0.2, 0.25) is 5.95 Å². The van der Waals surface area contributed by atoms with Crippen molar-refractivity contribution >= 4 is 23.4 Å². The predicted octanol–water partition coefficient (Wildman–Crippen LogP) is 5.39. The zero-order chi connectivity index (χ0) is 22.1. The Kier molecular flexibility index (Phi) is 5.80. The Morgan fingerprint density at radius 3 is 2.53 bits per heavy atom. The van der Waals surface area contributed by atoms with E-state index in [1.165, 1.54) is 23.3 Å². The summed E-state index contributed by atoms with van der Waals surface area (Å²) in [6, 6.07) is 9.06. The van der Waals surface area contributed by atoms with E-state index in [-0.39, 0.29) is 5.54 Å². The second-order valence-electron chi connectivity index (χ2n) is 9.48. The number of nitrogens with one attached hydrogen (secondary N) is 1. The molecule has 2 aliphatic rings. The first-order chi connectivity index (χ1) is 15.5. The molecular formula is C24H30N6OS. The number of thioether (sulfide) groups is 1. The summed E-state index contributed by atoms with van der Waals surface area (Å²) in [5, 5.41) is 12.0. The first-order valence-corrected chi connectivity index (χ1v) is 12.3. The third-order valence-electron chi connectivity index (χ3n) is 6.38. The largest absolute Gasteiger partial charge is 0.463 e. The van der Waals surface area contributed by atoms with Gasteiger partial charge in [-0.2, -0.15) is 0 Å². The average molecular weight is 451 g/mol. The molecule has 0 radical (unpaired) electrons. The minimum absolute atomic E-state index is 0.156. The fourth-order valence-electron chi connectivity index (χ4n) is 4.08. The van der Waals surface area contributed by atoms with Crippen LogP contribution in [0.1, 0.15) is 57.9 Å². The number of aromatic nitrogens is 5. The van der Waals surface area contributed by atoms with Gasteiger partial charge in [-0.15, -0.1) is 16.9 Å². The fourth-order valence-corrected chi connectivity index (χ4v) is 4.92. The molecule has 1 N–H and O–H groups in total. The highest BCUT2D eigenvalue weighted by Crippen LogP contribution is 2.45. The van der Waals surface area contributed by atoms with E-state index in [9.17, 15) is 0 Å². The summed E-state index contributed by atoms with van der Waals surface area (Å²) < 4.78 is 8.08. The molecular weight excluding hydrogens is 420 g/mol. The molecule has 7 nitrogen and oxygen atoms in total. The molecule has 3 aromatic rings. The van der Waals surface area contributed by atoms with Crippen molar-refractivity contribution < 1.29 is 4.74 Å². The van der Waals surface area contributed by atoms with E-state index in [4.69, 9.17) is 4.74 Å². The lowest BCUT2D eigenvalue weighted by Crippen LogP contribution is -2.28. The second-order valence-corrected chi connectivity index (χ2v) is 11.1. The Bertz CT molecular complexity index is 1040. The van der Waals surface area contributed by atoms with E-state index >= 15 is 0 Å². The maximum atomic E-state index is 5.99. The van der Waals surface area contributed by atoms with Crippen LogP contribution >= 0.6 is 11.8 Å². The molecule has 2 saturated carbocycles. The zero-order valence-corrected chi connectivity index (χ0v) is 19.7. The van der Waals surface area contributed by atoms with Gasteiger partial charge in [0.1, 0.15) is 6.33 Å². The predicted molar refractivity (Wildman–Crippen MR) is 127 cm³/mol. The third kappa shape index (κ3) is 4.75. The maximum absolute atomic E-state index is 5.99. The van der Waals surface area contributed by atoms with Gasteiger partial charge in [-0.3, -0.25) is 4.57 Å². The molecule has 2 fully saturated rings. The lowest BCUT2D eigenvalue weighted by molar-refractivity contribution is 0.142. The first-order valence-electron chi connectivity index (χ1n) is 11.4. The monoisotopic (exact) mass is 450 g/mol. The number of nitrogens with zero attached hydrogens (tertiary/aromatic N) is 5. The fraction of sp³-hybridized carbons (Fsp3) is 0.500. The topological polar surface area (TPSA) is 77.8 Å². The summed E-state index contributed by atoms with van der Waals surface area (Å²) >= 11 is 1.86. The lowest BCUT2D eigenvalue weighted by atomic mass is 9.72. The SMILES string of the molecule is CC(C)Sc1ccc(Nc2ncc(C3CC(COc4nncn4C4(C)CC4)C3)cn2)cc1. The number of ether oxygens (including phenoxy) is 1. The van der Waals surface area contributed by atoms with Crippen LogP contribution in [0.4, 0.5) is 11.6 Å². The summed E-state index contributed by atoms with van der Waals surface area (Å²) in [6.07, 6.45) is 10.2. The molecule has 0 bridgehead atoms. The van der Waals surface area contributed by atoms with Crippen LogP contribution in [0.5, 0.6) is 6.01 Å². The molecule has 5 rings (SSSR count). The van der Waals surface area contributed by atoms with Gasteiger partial charge >= 0.3 is 6.01 Å². The molecule has 2 aromatic heterocycles. The summed E-state index contributed by atoms with van der Waals surface area (Å²) in [4.78, 5) is 10.3. The van der Waals surface area contributed by atoms with Crippen molar-refractivity contribution in [1.82, 2.24) is 24.7 Å². The Morgan fingerprint density at radius 1 is 1.16 bits per heavy atom. The highest BCUT2D eigenvalue weighted by atomic mass is 32.2. The molecule has 0 amide bonds. The molecule has 0 spiro atoms. The molecule has 168 valence electrons. The summed E-state index contributed by atoms with van der Waals surface area (Å²) in [6.45, 7) is 7.32. The molecule has 2 aliphatic carbocycles. The van der Waals surface area contributed by atoms with E-state index in [2.05, 4.69) is 75.1 Å².